The second-order valence-electron chi connectivity index (χ2n) is 4.11. The van der Waals surface area contributed by atoms with E-state index in [0.29, 0.717) is 6.54 Å². The minimum atomic E-state index is -0.757. The SMILES string of the molecule is Cc1cccc(-c2nccn2CC(O)CO)c1. The molecule has 2 rings (SSSR count). The molecule has 0 bridgehead atoms. The number of hydrogen-bond donors (Lipinski definition) is 2. The van der Waals surface area contributed by atoms with E-state index in [9.17, 15) is 5.11 Å². The first-order valence-electron chi connectivity index (χ1n) is 5.58. The van der Waals surface area contributed by atoms with Crippen molar-refractivity contribution in [2.24, 2.45) is 0 Å². The summed E-state index contributed by atoms with van der Waals surface area (Å²) in [4.78, 5) is 4.29. The van der Waals surface area contributed by atoms with Gasteiger partial charge in [-0.15, -0.1) is 0 Å². The number of imidazole rings is 1. The first-order chi connectivity index (χ1) is 8.20. The van der Waals surface area contributed by atoms with Crippen molar-refractivity contribution in [1.29, 1.82) is 0 Å². The van der Waals surface area contributed by atoms with Gasteiger partial charge in [-0.05, 0) is 13.0 Å². The maximum atomic E-state index is 9.46. The van der Waals surface area contributed by atoms with Crippen LogP contribution in [0.5, 0.6) is 0 Å². The normalized spacial score (nSPS) is 12.6. The average Bonchev–Trinajstić information content (AvgIpc) is 2.77. The molecule has 2 N–H and O–H groups in total. The molecule has 0 radical (unpaired) electrons. The molecule has 0 amide bonds. The number of hydrogen-bond acceptors (Lipinski definition) is 3. The Morgan fingerprint density at radius 2 is 2.24 bits per heavy atom. The quantitative estimate of drug-likeness (QED) is 0.833. The van der Waals surface area contributed by atoms with Gasteiger partial charge in [0.1, 0.15) is 5.82 Å². The van der Waals surface area contributed by atoms with Gasteiger partial charge in [0.05, 0.1) is 19.3 Å². The third-order valence-electron chi connectivity index (χ3n) is 2.61. The number of aryl methyl sites for hydroxylation is 1. The largest absolute Gasteiger partial charge is 0.394 e. The third kappa shape index (κ3) is 2.72. The van der Waals surface area contributed by atoms with Crippen molar-refractivity contribution < 1.29 is 10.2 Å². The number of rotatable bonds is 4. The van der Waals surface area contributed by atoms with Gasteiger partial charge < -0.3 is 14.8 Å². The third-order valence-corrected chi connectivity index (χ3v) is 2.61. The van der Waals surface area contributed by atoms with Crippen LogP contribution in [-0.4, -0.2) is 32.5 Å². The lowest BCUT2D eigenvalue weighted by molar-refractivity contribution is 0.0816. The summed E-state index contributed by atoms with van der Waals surface area (Å²) in [6.45, 7) is 2.13. The molecule has 1 heterocycles. The molecule has 0 saturated heterocycles. The first-order valence-corrected chi connectivity index (χ1v) is 5.58. The lowest BCUT2D eigenvalue weighted by Gasteiger charge is -2.11. The molecule has 0 saturated carbocycles. The van der Waals surface area contributed by atoms with Gasteiger partial charge >= 0.3 is 0 Å². The van der Waals surface area contributed by atoms with E-state index in [-0.39, 0.29) is 6.61 Å². The van der Waals surface area contributed by atoms with Crippen molar-refractivity contribution in [3.63, 3.8) is 0 Å². The summed E-state index contributed by atoms with van der Waals surface area (Å²) in [5.74, 6) is 0.807. The van der Waals surface area contributed by atoms with Crippen molar-refractivity contribution in [2.45, 2.75) is 19.6 Å². The Morgan fingerprint density at radius 3 is 2.94 bits per heavy atom. The zero-order chi connectivity index (χ0) is 12.3. The van der Waals surface area contributed by atoms with Crippen LogP contribution in [0.3, 0.4) is 0 Å². The molecule has 1 aromatic heterocycles. The molecule has 0 aliphatic heterocycles. The standard InChI is InChI=1S/C13H16N2O2/c1-10-3-2-4-11(7-10)13-14-5-6-15(13)8-12(17)9-16/h2-7,12,16-17H,8-9H2,1H3. The molecule has 2 aromatic rings. The van der Waals surface area contributed by atoms with E-state index in [1.54, 1.807) is 12.4 Å². The van der Waals surface area contributed by atoms with E-state index < -0.39 is 6.10 Å². The Hall–Kier alpha value is -1.65. The maximum Gasteiger partial charge on any atom is 0.139 e. The van der Waals surface area contributed by atoms with Crippen LogP contribution in [-0.2, 0) is 6.54 Å². The van der Waals surface area contributed by atoms with Gasteiger partial charge in [-0.3, -0.25) is 0 Å². The van der Waals surface area contributed by atoms with Crippen LogP contribution < -0.4 is 0 Å². The number of aliphatic hydroxyl groups excluding tert-OH is 2. The summed E-state index contributed by atoms with van der Waals surface area (Å²) in [6.07, 6.45) is 2.74. The molecular weight excluding hydrogens is 216 g/mol. The summed E-state index contributed by atoms with van der Waals surface area (Å²) in [7, 11) is 0. The van der Waals surface area contributed by atoms with Gasteiger partial charge in [0.25, 0.3) is 0 Å². The van der Waals surface area contributed by atoms with E-state index >= 15 is 0 Å². The van der Waals surface area contributed by atoms with E-state index in [2.05, 4.69) is 4.98 Å². The summed E-state index contributed by atoms with van der Waals surface area (Å²) in [6, 6.07) is 8.03. The molecule has 17 heavy (non-hydrogen) atoms. The fraction of sp³-hybridized carbons (Fsp3) is 0.308. The Kier molecular flexibility index (Phi) is 3.56. The molecule has 90 valence electrons. The van der Waals surface area contributed by atoms with Crippen LogP contribution in [0.25, 0.3) is 11.4 Å². The second-order valence-corrected chi connectivity index (χ2v) is 4.11. The van der Waals surface area contributed by atoms with E-state index in [1.165, 1.54) is 5.56 Å². The van der Waals surface area contributed by atoms with Crippen LogP contribution >= 0.6 is 0 Å². The van der Waals surface area contributed by atoms with Gasteiger partial charge in [-0.1, -0.05) is 23.8 Å². The van der Waals surface area contributed by atoms with Crippen molar-refractivity contribution in [1.82, 2.24) is 9.55 Å². The zero-order valence-electron chi connectivity index (χ0n) is 9.74. The summed E-state index contributed by atoms with van der Waals surface area (Å²) in [5.41, 5.74) is 2.18. The molecule has 0 aliphatic carbocycles. The highest BCUT2D eigenvalue weighted by molar-refractivity contribution is 5.56. The monoisotopic (exact) mass is 232 g/mol. The minimum Gasteiger partial charge on any atom is -0.394 e. The van der Waals surface area contributed by atoms with Crippen LogP contribution in [0.2, 0.25) is 0 Å². The number of benzene rings is 1. The van der Waals surface area contributed by atoms with Gasteiger partial charge in [0, 0.05) is 18.0 Å². The van der Waals surface area contributed by atoms with Gasteiger partial charge in [0.2, 0.25) is 0 Å². The summed E-state index contributed by atoms with van der Waals surface area (Å²) < 4.78 is 1.84. The predicted octanol–water partition coefficient (Wildman–Crippen LogP) is 1.21. The fourth-order valence-corrected chi connectivity index (χ4v) is 1.79. The summed E-state index contributed by atoms with van der Waals surface area (Å²) in [5, 5.41) is 18.3. The molecule has 0 aliphatic rings. The average molecular weight is 232 g/mol. The van der Waals surface area contributed by atoms with Crippen molar-refractivity contribution >= 4 is 0 Å². The highest BCUT2D eigenvalue weighted by Crippen LogP contribution is 2.18. The molecule has 0 fully saturated rings. The minimum absolute atomic E-state index is 0.245. The Balaban J connectivity index is 2.30. The predicted molar refractivity (Wildman–Crippen MR) is 65.5 cm³/mol. The molecule has 4 nitrogen and oxygen atoms in total. The summed E-state index contributed by atoms with van der Waals surface area (Å²) >= 11 is 0. The number of nitrogens with zero attached hydrogens (tertiary/aromatic N) is 2. The topological polar surface area (TPSA) is 58.3 Å². The van der Waals surface area contributed by atoms with Gasteiger partial charge in [0.15, 0.2) is 0 Å². The molecular formula is C13H16N2O2. The zero-order valence-corrected chi connectivity index (χ0v) is 9.74. The highest BCUT2D eigenvalue weighted by Gasteiger charge is 2.09. The second kappa shape index (κ2) is 5.12. The maximum absolute atomic E-state index is 9.46. The Bertz CT molecular complexity index is 494. The van der Waals surface area contributed by atoms with Crippen LogP contribution in [0, 0.1) is 6.92 Å². The Morgan fingerprint density at radius 1 is 1.41 bits per heavy atom. The van der Waals surface area contributed by atoms with Crippen molar-refractivity contribution in [3.8, 4) is 11.4 Å². The van der Waals surface area contributed by atoms with Crippen molar-refractivity contribution in [2.75, 3.05) is 6.61 Å². The van der Waals surface area contributed by atoms with E-state index in [4.69, 9.17) is 5.11 Å². The molecule has 1 unspecified atom stereocenters. The fourth-order valence-electron chi connectivity index (χ4n) is 1.79. The molecule has 0 spiro atoms. The van der Waals surface area contributed by atoms with Crippen LogP contribution in [0.1, 0.15) is 5.56 Å². The first kappa shape index (κ1) is 11.8. The molecule has 1 atom stereocenters. The van der Waals surface area contributed by atoms with Gasteiger partial charge in [-0.25, -0.2) is 4.98 Å². The lowest BCUT2D eigenvalue weighted by atomic mass is 10.1. The van der Waals surface area contributed by atoms with E-state index in [0.717, 1.165) is 11.4 Å². The molecule has 4 heteroatoms. The number of aliphatic hydroxyl groups is 2. The van der Waals surface area contributed by atoms with E-state index in [1.807, 2.05) is 35.8 Å². The number of aromatic nitrogens is 2. The lowest BCUT2D eigenvalue weighted by Crippen LogP contribution is -2.19. The van der Waals surface area contributed by atoms with Gasteiger partial charge in [-0.2, -0.15) is 0 Å². The van der Waals surface area contributed by atoms with Crippen molar-refractivity contribution in [3.05, 3.63) is 42.2 Å². The van der Waals surface area contributed by atoms with Crippen LogP contribution in [0.15, 0.2) is 36.7 Å². The smallest absolute Gasteiger partial charge is 0.139 e. The highest BCUT2D eigenvalue weighted by atomic mass is 16.3. The Labute approximate surface area is 100 Å². The molecule has 1 aromatic carbocycles. The van der Waals surface area contributed by atoms with Crippen LogP contribution in [0.4, 0.5) is 0 Å².